The second-order valence-electron chi connectivity index (χ2n) is 8.79. The monoisotopic (exact) mass is 336 g/mol. The maximum Gasteiger partial charge on any atom is 0.164 e. The summed E-state index contributed by atoms with van der Waals surface area (Å²) >= 11 is 5.38. The number of hydrogen-bond donors (Lipinski definition) is 1. The average molecular weight is 337 g/mol. The van der Waals surface area contributed by atoms with Crippen molar-refractivity contribution in [3.63, 3.8) is 0 Å². The molecule has 0 saturated carbocycles. The van der Waals surface area contributed by atoms with Gasteiger partial charge < -0.3 is 9.84 Å². The zero-order valence-electron chi connectivity index (χ0n) is 15.9. The second kappa shape index (κ2) is 7.21. The number of phenols is 1. The highest BCUT2D eigenvalue weighted by Crippen LogP contribution is 2.39. The van der Waals surface area contributed by atoms with Gasteiger partial charge in [0.05, 0.1) is 6.61 Å². The van der Waals surface area contributed by atoms with Crippen LogP contribution in [0.2, 0.25) is 0 Å². The van der Waals surface area contributed by atoms with E-state index in [0.717, 1.165) is 16.7 Å². The summed E-state index contributed by atoms with van der Waals surface area (Å²) in [5.41, 5.74) is 2.78. The fourth-order valence-corrected chi connectivity index (χ4v) is 2.65. The van der Waals surface area contributed by atoms with E-state index in [4.69, 9.17) is 17.0 Å². The summed E-state index contributed by atoms with van der Waals surface area (Å²) in [6.45, 7) is 17.6. The van der Waals surface area contributed by atoms with E-state index in [2.05, 4.69) is 67.5 Å². The molecule has 0 aromatic heterocycles. The molecule has 0 aliphatic rings. The second-order valence-corrected chi connectivity index (χ2v) is 9.25. The number of phenolic OH excluding ortho intramolecular Hbond substituents is 1. The Hall–Kier alpha value is -1.09. The molecular formula is C20H32O2S. The van der Waals surface area contributed by atoms with Crippen LogP contribution in [-0.2, 0) is 22.0 Å². The summed E-state index contributed by atoms with van der Waals surface area (Å²) in [6.07, 6.45) is 0.606. The van der Waals surface area contributed by atoms with E-state index < -0.39 is 0 Å². The number of hydrogen-bond acceptors (Lipinski definition) is 3. The Morgan fingerprint density at radius 1 is 1.04 bits per heavy atom. The van der Waals surface area contributed by atoms with Crippen molar-refractivity contribution in [2.24, 2.45) is 5.92 Å². The van der Waals surface area contributed by atoms with Crippen LogP contribution in [0.1, 0.15) is 72.1 Å². The lowest BCUT2D eigenvalue weighted by Gasteiger charge is -2.28. The van der Waals surface area contributed by atoms with Gasteiger partial charge in [-0.25, -0.2) is 0 Å². The molecule has 0 aliphatic heterocycles. The summed E-state index contributed by atoms with van der Waals surface area (Å²) in [5.74, 6) is 0.866. The quantitative estimate of drug-likeness (QED) is 0.733. The van der Waals surface area contributed by atoms with Gasteiger partial charge in [-0.15, -0.1) is 0 Å². The van der Waals surface area contributed by atoms with E-state index in [1.807, 2.05) is 0 Å². The van der Waals surface area contributed by atoms with Crippen molar-refractivity contribution in [2.75, 3.05) is 6.61 Å². The van der Waals surface area contributed by atoms with Crippen molar-refractivity contribution < 1.29 is 9.84 Å². The summed E-state index contributed by atoms with van der Waals surface area (Å²) in [7, 11) is 0. The number of rotatable bonds is 4. The van der Waals surface area contributed by atoms with Crippen LogP contribution in [0.15, 0.2) is 12.1 Å². The molecule has 130 valence electrons. The molecule has 2 nitrogen and oxygen atoms in total. The summed E-state index contributed by atoms with van der Waals surface area (Å²) in [6, 6.07) is 4.13. The first kappa shape index (κ1) is 20.0. The number of aromatic hydroxyl groups is 1. The number of thiocarbonyl (C=S) groups is 1. The third-order valence-corrected chi connectivity index (χ3v) is 3.97. The van der Waals surface area contributed by atoms with Gasteiger partial charge >= 0.3 is 0 Å². The lowest BCUT2D eigenvalue weighted by atomic mass is 9.78. The smallest absolute Gasteiger partial charge is 0.164 e. The largest absolute Gasteiger partial charge is 0.507 e. The molecular weight excluding hydrogens is 304 g/mol. The van der Waals surface area contributed by atoms with Crippen molar-refractivity contribution >= 4 is 17.3 Å². The third kappa shape index (κ3) is 5.80. The molecule has 1 rings (SSSR count). The van der Waals surface area contributed by atoms with E-state index >= 15 is 0 Å². The maximum absolute atomic E-state index is 10.7. The molecule has 0 aliphatic carbocycles. The minimum absolute atomic E-state index is 0.125. The highest BCUT2D eigenvalue weighted by Gasteiger charge is 2.26. The Kier molecular flexibility index (Phi) is 6.25. The molecule has 3 heteroatoms. The summed E-state index contributed by atoms with van der Waals surface area (Å²) in [4.78, 5) is 0. The average Bonchev–Trinajstić information content (AvgIpc) is 2.35. The predicted octanol–water partition coefficient (Wildman–Crippen LogP) is 5.53. The van der Waals surface area contributed by atoms with Crippen molar-refractivity contribution in [3.8, 4) is 5.75 Å². The van der Waals surface area contributed by atoms with Gasteiger partial charge in [0.25, 0.3) is 0 Å². The minimum atomic E-state index is -0.125. The van der Waals surface area contributed by atoms with Crippen LogP contribution in [0, 0.1) is 5.92 Å². The Bertz CT molecular complexity index is 525. The SMILES string of the molecule is CC(C)COC(=S)Cc1cc(C(C)(C)C)c(O)c(C(C)(C)C)c1. The van der Waals surface area contributed by atoms with Gasteiger partial charge in [-0.1, -0.05) is 67.5 Å². The Labute approximate surface area is 147 Å². The summed E-state index contributed by atoms with van der Waals surface area (Å²) in [5, 5.41) is 11.3. The van der Waals surface area contributed by atoms with Crippen molar-refractivity contribution in [1.29, 1.82) is 0 Å². The number of ether oxygens (including phenoxy) is 1. The zero-order valence-corrected chi connectivity index (χ0v) is 16.7. The third-order valence-electron chi connectivity index (χ3n) is 3.71. The van der Waals surface area contributed by atoms with Gasteiger partial charge in [-0.2, -0.15) is 0 Å². The van der Waals surface area contributed by atoms with E-state index in [-0.39, 0.29) is 10.8 Å². The number of benzene rings is 1. The molecule has 23 heavy (non-hydrogen) atoms. The van der Waals surface area contributed by atoms with Crippen molar-refractivity contribution in [1.82, 2.24) is 0 Å². The van der Waals surface area contributed by atoms with E-state index in [1.54, 1.807) is 0 Å². The van der Waals surface area contributed by atoms with Gasteiger partial charge in [-0.05, 0) is 45.7 Å². The van der Waals surface area contributed by atoms with E-state index in [9.17, 15) is 5.11 Å². The van der Waals surface area contributed by atoms with Gasteiger partial charge in [0.15, 0.2) is 5.05 Å². The van der Waals surface area contributed by atoms with Gasteiger partial charge in [-0.3, -0.25) is 0 Å². The molecule has 0 radical (unpaired) electrons. The van der Waals surface area contributed by atoms with Crippen LogP contribution >= 0.6 is 12.2 Å². The van der Waals surface area contributed by atoms with Crippen LogP contribution < -0.4 is 0 Å². The first-order chi connectivity index (χ1) is 10.3. The normalized spacial score (nSPS) is 12.6. The lowest BCUT2D eigenvalue weighted by molar-refractivity contribution is 0.260. The molecule has 0 amide bonds. The van der Waals surface area contributed by atoms with Crippen LogP contribution in [0.3, 0.4) is 0 Å². The van der Waals surface area contributed by atoms with Crippen LogP contribution in [0.25, 0.3) is 0 Å². The predicted molar refractivity (Wildman–Crippen MR) is 103 cm³/mol. The molecule has 0 fully saturated rings. The standard InChI is InChI=1S/C20H32O2S/c1-13(2)12-22-17(23)11-14-9-15(19(3,4)5)18(21)16(10-14)20(6,7)8/h9-10,13,21H,11-12H2,1-8H3. The summed E-state index contributed by atoms with van der Waals surface area (Å²) < 4.78 is 5.66. The van der Waals surface area contributed by atoms with Crippen molar-refractivity contribution in [2.45, 2.75) is 72.6 Å². The van der Waals surface area contributed by atoms with E-state index in [0.29, 0.717) is 29.7 Å². The highest BCUT2D eigenvalue weighted by atomic mass is 32.1. The highest BCUT2D eigenvalue weighted by molar-refractivity contribution is 7.80. The zero-order chi connectivity index (χ0) is 18.0. The lowest BCUT2D eigenvalue weighted by Crippen LogP contribution is -2.19. The fraction of sp³-hybridized carbons (Fsp3) is 0.650. The molecule has 0 bridgehead atoms. The Morgan fingerprint density at radius 3 is 1.83 bits per heavy atom. The van der Waals surface area contributed by atoms with Gasteiger partial charge in [0.1, 0.15) is 5.75 Å². The Balaban J connectivity index is 3.21. The Morgan fingerprint density at radius 2 is 1.48 bits per heavy atom. The van der Waals surface area contributed by atoms with Crippen molar-refractivity contribution in [3.05, 3.63) is 28.8 Å². The molecule has 1 N–H and O–H groups in total. The van der Waals surface area contributed by atoms with Gasteiger partial charge in [0, 0.05) is 6.42 Å². The van der Waals surface area contributed by atoms with Gasteiger partial charge in [0.2, 0.25) is 0 Å². The molecule has 0 atom stereocenters. The topological polar surface area (TPSA) is 29.5 Å². The maximum atomic E-state index is 10.7. The molecule has 0 heterocycles. The minimum Gasteiger partial charge on any atom is -0.507 e. The van der Waals surface area contributed by atoms with Crippen LogP contribution in [0.5, 0.6) is 5.75 Å². The first-order valence-corrected chi connectivity index (χ1v) is 8.75. The van der Waals surface area contributed by atoms with E-state index in [1.165, 1.54) is 0 Å². The molecule has 0 unspecified atom stereocenters. The van der Waals surface area contributed by atoms with Crippen LogP contribution in [0.4, 0.5) is 0 Å². The molecule has 0 saturated heterocycles. The molecule has 1 aromatic carbocycles. The first-order valence-electron chi connectivity index (χ1n) is 8.35. The molecule has 0 spiro atoms. The van der Waals surface area contributed by atoms with Crippen LogP contribution in [-0.4, -0.2) is 16.8 Å². The molecule has 1 aromatic rings. The fourth-order valence-electron chi connectivity index (χ4n) is 2.42.